The van der Waals surface area contributed by atoms with Crippen LogP contribution in [0.15, 0.2) is 42.7 Å². The average Bonchev–Trinajstić information content (AvgIpc) is 2.85. The lowest BCUT2D eigenvalue weighted by Crippen LogP contribution is -2.29. The third kappa shape index (κ3) is 4.64. The van der Waals surface area contributed by atoms with E-state index in [1.807, 2.05) is 24.3 Å². The van der Waals surface area contributed by atoms with Crippen LogP contribution in [-0.4, -0.2) is 59.2 Å². The average molecular weight is 338 g/mol. The monoisotopic (exact) mass is 338 g/mol. The van der Waals surface area contributed by atoms with Crippen LogP contribution in [0.2, 0.25) is 0 Å². The van der Waals surface area contributed by atoms with Gasteiger partial charge in [-0.3, -0.25) is 4.98 Å². The van der Waals surface area contributed by atoms with Gasteiger partial charge in [-0.25, -0.2) is 9.78 Å². The molecule has 0 radical (unpaired) electrons. The Hall–Kier alpha value is -2.73. The number of nitrogens with zero attached hydrogens (tertiary/aromatic N) is 4. The number of anilines is 1. The summed E-state index contributed by atoms with van der Waals surface area (Å²) in [5, 5.41) is 8.75. The van der Waals surface area contributed by atoms with E-state index in [9.17, 15) is 4.79 Å². The van der Waals surface area contributed by atoms with Crippen LogP contribution >= 0.6 is 0 Å². The van der Waals surface area contributed by atoms with Crippen molar-refractivity contribution in [3.8, 4) is 11.3 Å². The smallest absolute Gasteiger partial charge is 0.328 e. The van der Waals surface area contributed by atoms with Crippen molar-refractivity contribution in [1.82, 2.24) is 14.9 Å². The van der Waals surface area contributed by atoms with Gasteiger partial charge < -0.3 is 14.9 Å². The van der Waals surface area contributed by atoms with Crippen molar-refractivity contribution in [2.24, 2.45) is 0 Å². The molecule has 2 aromatic heterocycles. The van der Waals surface area contributed by atoms with Crippen LogP contribution in [0, 0.1) is 0 Å². The van der Waals surface area contributed by atoms with E-state index in [4.69, 9.17) is 10.1 Å². The molecule has 6 nitrogen and oxygen atoms in total. The molecule has 130 valence electrons. The summed E-state index contributed by atoms with van der Waals surface area (Å²) in [5.41, 5.74) is 2.46. The highest BCUT2D eigenvalue weighted by molar-refractivity contribution is 5.85. The molecule has 2 aromatic rings. The zero-order chi connectivity index (χ0) is 17.6. The van der Waals surface area contributed by atoms with Crippen molar-refractivity contribution >= 4 is 17.9 Å². The van der Waals surface area contributed by atoms with Crippen molar-refractivity contribution in [2.45, 2.75) is 6.42 Å². The molecule has 0 aliphatic carbocycles. The number of pyridine rings is 2. The highest BCUT2D eigenvalue weighted by Gasteiger charge is 2.14. The van der Waals surface area contributed by atoms with Gasteiger partial charge in [0.05, 0.1) is 5.69 Å². The molecular weight excluding hydrogens is 316 g/mol. The number of likely N-dealkylation sites (N-methyl/N-ethyl adjacent to an activating group) is 1. The molecule has 25 heavy (non-hydrogen) atoms. The summed E-state index contributed by atoms with van der Waals surface area (Å²) in [5.74, 6) is -0.00376. The summed E-state index contributed by atoms with van der Waals surface area (Å²) in [4.78, 5) is 24.3. The zero-order valence-electron chi connectivity index (χ0n) is 14.3. The Labute approximate surface area is 147 Å². The van der Waals surface area contributed by atoms with Crippen molar-refractivity contribution in [3.05, 3.63) is 48.3 Å². The van der Waals surface area contributed by atoms with E-state index in [0.29, 0.717) is 0 Å². The Bertz CT molecular complexity index is 776. The number of carboxylic acids is 1. The standard InChI is InChI=1S/C19H22N4O2/c1-22-8-3-9-23(11-10-22)18-5-2-4-17(21-18)16-12-15(13-20-14-16)6-7-19(24)25/h2,4-7,12-14H,3,8-11H2,1H3,(H,24,25)/b7-6+. The lowest BCUT2D eigenvalue weighted by molar-refractivity contribution is -0.131. The first-order valence-corrected chi connectivity index (χ1v) is 8.39. The maximum absolute atomic E-state index is 10.7. The van der Waals surface area contributed by atoms with Crippen LogP contribution < -0.4 is 4.90 Å². The second kappa shape index (κ2) is 7.90. The van der Waals surface area contributed by atoms with E-state index in [2.05, 4.69) is 21.8 Å². The van der Waals surface area contributed by atoms with Crippen molar-refractivity contribution in [3.63, 3.8) is 0 Å². The summed E-state index contributed by atoms with van der Waals surface area (Å²) in [6.45, 7) is 4.11. The molecular formula is C19H22N4O2. The maximum atomic E-state index is 10.7. The van der Waals surface area contributed by atoms with E-state index >= 15 is 0 Å². The highest BCUT2D eigenvalue weighted by atomic mass is 16.4. The van der Waals surface area contributed by atoms with Crippen LogP contribution in [-0.2, 0) is 4.79 Å². The second-order valence-corrected chi connectivity index (χ2v) is 6.20. The quantitative estimate of drug-likeness (QED) is 0.863. The minimum atomic E-state index is -0.975. The number of aromatic nitrogens is 2. The number of hydrogen-bond donors (Lipinski definition) is 1. The molecule has 3 rings (SSSR count). The van der Waals surface area contributed by atoms with Gasteiger partial charge in [-0.15, -0.1) is 0 Å². The molecule has 6 heteroatoms. The summed E-state index contributed by atoms with van der Waals surface area (Å²) in [7, 11) is 2.15. The largest absolute Gasteiger partial charge is 0.478 e. The van der Waals surface area contributed by atoms with Gasteiger partial charge in [0.2, 0.25) is 0 Å². The second-order valence-electron chi connectivity index (χ2n) is 6.20. The number of hydrogen-bond acceptors (Lipinski definition) is 5. The van der Waals surface area contributed by atoms with Crippen LogP contribution in [0.5, 0.6) is 0 Å². The third-order valence-electron chi connectivity index (χ3n) is 4.25. The molecule has 0 unspecified atom stereocenters. The Morgan fingerprint density at radius 3 is 2.92 bits per heavy atom. The number of aliphatic carboxylic acids is 1. The third-order valence-corrected chi connectivity index (χ3v) is 4.25. The molecule has 1 N–H and O–H groups in total. The van der Waals surface area contributed by atoms with Crippen LogP contribution in [0.3, 0.4) is 0 Å². The fraction of sp³-hybridized carbons (Fsp3) is 0.316. The van der Waals surface area contributed by atoms with E-state index < -0.39 is 5.97 Å². The van der Waals surface area contributed by atoms with E-state index in [1.54, 1.807) is 12.4 Å². The molecule has 0 saturated carbocycles. The number of carbonyl (C=O) groups is 1. The first-order valence-electron chi connectivity index (χ1n) is 8.39. The first-order chi connectivity index (χ1) is 12.1. The molecule has 3 heterocycles. The fourth-order valence-electron chi connectivity index (χ4n) is 2.89. The van der Waals surface area contributed by atoms with Gasteiger partial charge in [0.15, 0.2) is 0 Å². The lowest BCUT2D eigenvalue weighted by Gasteiger charge is -2.22. The van der Waals surface area contributed by atoms with Gasteiger partial charge in [0, 0.05) is 43.7 Å². The molecule has 0 spiro atoms. The molecule has 1 aliphatic heterocycles. The fourth-order valence-corrected chi connectivity index (χ4v) is 2.89. The predicted octanol–water partition coefficient (Wildman–Crippen LogP) is 2.38. The van der Waals surface area contributed by atoms with E-state index in [-0.39, 0.29) is 0 Å². The van der Waals surface area contributed by atoms with E-state index in [1.165, 1.54) is 6.08 Å². The SMILES string of the molecule is CN1CCCN(c2cccc(-c3cncc(/C=C/C(=O)O)c3)n2)CC1. The van der Waals surface area contributed by atoms with Crippen LogP contribution in [0.25, 0.3) is 17.3 Å². The van der Waals surface area contributed by atoms with Crippen molar-refractivity contribution in [1.29, 1.82) is 0 Å². The molecule has 0 atom stereocenters. The van der Waals surface area contributed by atoms with Crippen molar-refractivity contribution in [2.75, 3.05) is 38.1 Å². The van der Waals surface area contributed by atoms with Gasteiger partial charge in [-0.1, -0.05) is 6.07 Å². The van der Waals surface area contributed by atoms with Gasteiger partial charge in [0.25, 0.3) is 0 Å². The zero-order valence-corrected chi connectivity index (χ0v) is 14.3. The Kier molecular flexibility index (Phi) is 5.40. The molecule has 1 saturated heterocycles. The van der Waals surface area contributed by atoms with E-state index in [0.717, 1.165) is 61.3 Å². The van der Waals surface area contributed by atoms with Crippen LogP contribution in [0.4, 0.5) is 5.82 Å². The number of carboxylic acid groups (broad SMARTS) is 1. The van der Waals surface area contributed by atoms with Crippen molar-refractivity contribution < 1.29 is 9.90 Å². The topological polar surface area (TPSA) is 69.6 Å². The molecule has 0 amide bonds. The normalized spacial score (nSPS) is 16.1. The Balaban J connectivity index is 1.84. The predicted molar refractivity (Wildman–Crippen MR) is 98.5 cm³/mol. The van der Waals surface area contributed by atoms with Crippen LogP contribution in [0.1, 0.15) is 12.0 Å². The van der Waals surface area contributed by atoms with Gasteiger partial charge in [-0.2, -0.15) is 0 Å². The molecule has 0 aromatic carbocycles. The summed E-state index contributed by atoms with van der Waals surface area (Å²) in [6, 6.07) is 7.90. The molecule has 0 bridgehead atoms. The minimum absolute atomic E-state index is 0.739. The molecule has 1 fully saturated rings. The van der Waals surface area contributed by atoms with Gasteiger partial charge in [-0.05, 0) is 49.9 Å². The Morgan fingerprint density at radius 2 is 2.08 bits per heavy atom. The summed E-state index contributed by atoms with van der Waals surface area (Å²) in [6.07, 6.45) is 7.16. The number of rotatable bonds is 4. The first kappa shape index (κ1) is 17.1. The van der Waals surface area contributed by atoms with Gasteiger partial charge in [0.1, 0.15) is 5.82 Å². The maximum Gasteiger partial charge on any atom is 0.328 e. The molecule has 1 aliphatic rings. The Morgan fingerprint density at radius 1 is 1.20 bits per heavy atom. The lowest BCUT2D eigenvalue weighted by atomic mass is 10.1. The minimum Gasteiger partial charge on any atom is -0.478 e. The summed E-state index contributed by atoms with van der Waals surface area (Å²) < 4.78 is 0. The summed E-state index contributed by atoms with van der Waals surface area (Å²) >= 11 is 0. The van der Waals surface area contributed by atoms with Gasteiger partial charge >= 0.3 is 5.97 Å². The highest BCUT2D eigenvalue weighted by Crippen LogP contribution is 2.22.